The van der Waals surface area contributed by atoms with Crippen LogP contribution < -0.4 is 0 Å². The number of benzene rings is 1. The van der Waals surface area contributed by atoms with Crippen molar-refractivity contribution in [2.75, 3.05) is 6.61 Å². The van der Waals surface area contributed by atoms with Crippen LogP contribution in [-0.2, 0) is 4.74 Å². The summed E-state index contributed by atoms with van der Waals surface area (Å²) in [5.41, 5.74) is 3.55. The van der Waals surface area contributed by atoms with Crippen LogP contribution in [0.5, 0.6) is 0 Å². The zero-order valence-corrected chi connectivity index (χ0v) is 20.0. The van der Waals surface area contributed by atoms with Crippen molar-refractivity contribution in [3.63, 3.8) is 0 Å². The third-order valence-electron chi connectivity index (χ3n) is 7.22. The van der Waals surface area contributed by atoms with Crippen molar-refractivity contribution in [3.8, 4) is 11.3 Å². The van der Waals surface area contributed by atoms with Crippen LogP contribution in [0.4, 0.5) is 13.2 Å². The summed E-state index contributed by atoms with van der Waals surface area (Å²) in [5, 5.41) is 4.42. The lowest BCUT2D eigenvalue weighted by atomic mass is 9.90. The molecule has 186 valence electrons. The van der Waals surface area contributed by atoms with Gasteiger partial charge in [-0.15, -0.1) is 0 Å². The van der Waals surface area contributed by atoms with Gasteiger partial charge in [0.2, 0.25) is 0 Å². The highest BCUT2D eigenvalue weighted by atomic mass is 19.1. The molecule has 1 saturated carbocycles. The first-order chi connectivity index (χ1) is 17.4. The first-order valence-corrected chi connectivity index (χ1v) is 12.1. The zero-order valence-electron chi connectivity index (χ0n) is 20.0. The molecule has 2 fully saturated rings. The predicted molar refractivity (Wildman–Crippen MR) is 126 cm³/mol. The molecule has 1 aromatic carbocycles. The van der Waals surface area contributed by atoms with Gasteiger partial charge in [-0.1, -0.05) is 0 Å². The second-order valence-corrected chi connectivity index (χ2v) is 9.68. The number of alkyl halides is 1. The van der Waals surface area contributed by atoms with Gasteiger partial charge < -0.3 is 4.74 Å². The normalized spacial score (nSPS) is 24.1. The van der Waals surface area contributed by atoms with E-state index in [0.29, 0.717) is 60.7 Å². The molecular weight excluding hydrogens is 469 g/mol. The molecule has 0 spiro atoms. The molecule has 3 aromatic heterocycles. The number of hydrogen-bond donors (Lipinski definition) is 0. The van der Waals surface area contributed by atoms with Crippen LogP contribution in [0.1, 0.15) is 66.5 Å². The highest BCUT2D eigenvalue weighted by Crippen LogP contribution is 2.39. The predicted octanol–water partition coefficient (Wildman–Crippen LogP) is 5.49. The Morgan fingerprint density at radius 3 is 2.58 bits per heavy atom. The van der Waals surface area contributed by atoms with Gasteiger partial charge >= 0.3 is 0 Å². The third-order valence-corrected chi connectivity index (χ3v) is 7.22. The minimum absolute atomic E-state index is 0.0684. The second-order valence-electron chi connectivity index (χ2n) is 9.68. The molecule has 0 bridgehead atoms. The van der Waals surface area contributed by atoms with E-state index in [1.165, 1.54) is 12.1 Å². The van der Waals surface area contributed by atoms with Crippen molar-refractivity contribution in [2.45, 2.75) is 63.8 Å². The minimum atomic E-state index is -0.751. The van der Waals surface area contributed by atoms with E-state index in [9.17, 15) is 13.2 Å². The number of hydrogen-bond acceptors (Lipinski definition) is 6. The molecular formula is C26H25F3N6O. The number of halogens is 3. The van der Waals surface area contributed by atoms with Gasteiger partial charge in [0.1, 0.15) is 34.8 Å². The van der Waals surface area contributed by atoms with Crippen molar-refractivity contribution in [1.82, 2.24) is 29.7 Å². The Labute approximate surface area is 205 Å². The van der Waals surface area contributed by atoms with Crippen LogP contribution in [0, 0.1) is 25.5 Å². The van der Waals surface area contributed by atoms with Crippen molar-refractivity contribution in [2.24, 2.45) is 0 Å². The molecule has 36 heavy (non-hydrogen) atoms. The summed E-state index contributed by atoms with van der Waals surface area (Å²) >= 11 is 0. The lowest BCUT2D eigenvalue weighted by molar-refractivity contribution is 0.00386. The molecule has 0 N–H and O–H groups in total. The number of nitrogens with zero attached hydrogens (tertiary/aromatic N) is 6. The number of fused-ring (bicyclic) bond motifs is 1. The monoisotopic (exact) mass is 494 g/mol. The number of aryl methyl sites for hydroxylation is 2. The Kier molecular flexibility index (Phi) is 5.70. The first-order valence-electron chi connectivity index (χ1n) is 12.1. The van der Waals surface area contributed by atoms with E-state index in [-0.39, 0.29) is 23.6 Å². The maximum atomic E-state index is 14.8. The van der Waals surface area contributed by atoms with Gasteiger partial charge in [0, 0.05) is 48.8 Å². The van der Waals surface area contributed by atoms with Crippen molar-refractivity contribution in [1.29, 1.82) is 0 Å². The number of rotatable bonds is 4. The van der Waals surface area contributed by atoms with Gasteiger partial charge in [0.15, 0.2) is 5.65 Å². The van der Waals surface area contributed by atoms with Gasteiger partial charge in [-0.2, -0.15) is 5.10 Å². The van der Waals surface area contributed by atoms with E-state index < -0.39 is 17.8 Å². The summed E-state index contributed by atoms with van der Waals surface area (Å²) in [7, 11) is 0. The Hall–Kier alpha value is -3.40. The number of aromatic nitrogens is 6. The maximum Gasteiger partial charge on any atom is 0.182 e. The average Bonchev–Trinajstić information content (AvgIpc) is 3.32. The van der Waals surface area contributed by atoms with Crippen molar-refractivity contribution in [3.05, 3.63) is 65.0 Å². The largest absolute Gasteiger partial charge is 0.373 e. The maximum absolute atomic E-state index is 14.8. The Bertz CT molecular complexity index is 1450. The quantitative estimate of drug-likeness (QED) is 0.374. The SMILES string of the molecule is Cc1nc2nc([C@H]3CCO[C@@H](c4cnn(C5CC(F)C5)c4)C3)nc(-c3ccc(F)cc3F)c2nc1C. The van der Waals surface area contributed by atoms with E-state index in [1.54, 1.807) is 6.20 Å². The first kappa shape index (κ1) is 23.0. The second kappa shape index (κ2) is 8.92. The van der Waals surface area contributed by atoms with Crippen LogP contribution in [0.25, 0.3) is 22.4 Å². The minimum Gasteiger partial charge on any atom is -0.373 e. The van der Waals surface area contributed by atoms with Crippen LogP contribution in [0.3, 0.4) is 0 Å². The summed E-state index contributed by atoms with van der Waals surface area (Å²) in [6.45, 7) is 4.16. The van der Waals surface area contributed by atoms with E-state index >= 15 is 0 Å². The van der Waals surface area contributed by atoms with E-state index in [1.807, 2.05) is 24.7 Å². The van der Waals surface area contributed by atoms with Gasteiger partial charge in [0.05, 0.1) is 29.7 Å². The highest BCUT2D eigenvalue weighted by Gasteiger charge is 2.33. The molecule has 1 aliphatic heterocycles. The summed E-state index contributed by atoms with van der Waals surface area (Å²) < 4.78 is 49.6. The topological polar surface area (TPSA) is 78.6 Å². The van der Waals surface area contributed by atoms with Gasteiger partial charge in [-0.25, -0.2) is 33.1 Å². The molecule has 1 aliphatic carbocycles. The van der Waals surface area contributed by atoms with Crippen LogP contribution >= 0.6 is 0 Å². The molecule has 4 heterocycles. The molecule has 10 heteroatoms. The Balaban J connectivity index is 1.36. The fourth-order valence-electron chi connectivity index (χ4n) is 4.90. The number of ether oxygens (including phenoxy) is 1. The summed E-state index contributed by atoms with van der Waals surface area (Å²) in [6.07, 6.45) is 5.02. The lowest BCUT2D eigenvalue weighted by Gasteiger charge is -2.30. The molecule has 2 aliphatic rings. The fourth-order valence-corrected chi connectivity index (χ4v) is 4.90. The van der Waals surface area contributed by atoms with Crippen molar-refractivity contribution < 1.29 is 17.9 Å². The average molecular weight is 495 g/mol. The van der Waals surface area contributed by atoms with Gasteiger partial charge in [0.25, 0.3) is 0 Å². The van der Waals surface area contributed by atoms with E-state index in [2.05, 4.69) is 15.1 Å². The Morgan fingerprint density at radius 2 is 1.81 bits per heavy atom. The smallest absolute Gasteiger partial charge is 0.182 e. The summed E-state index contributed by atoms with van der Waals surface area (Å²) in [4.78, 5) is 18.7. The summed E-state index contributed by atoms with van der Waals surface area (Å²) in [5.74, 6) is -0.922. The van der Waals surface area contributed by atoms with E-state index in [0.717, 1.165) is 17.3 Å². The fraction of sp³-hybridized carbons (Fsp3) is 0.423. The molecule has 2 atom stereocenters. The lowest BCUT2D eigenvalue weighted by Crippen LogP contribution is -2.28. The van der Waals surface area contributed by atoms with Gasteiger partial charge in [-0.3, -0.25) is 4.68 Å². The molecule has 0 radical (unpaired) electrons. The van der Waals surface area contributed by atoms with Crippen LogP contribution in [0.15, 0.2) is 30.6 Å². The summed E-state index contributed by atoms with van der Waals surface area (Å²) in [6, 6.07) is 3.51. The van der Waals surface area contributed by atoms with Gasteiger partial charge in [-0.05, 0) is 38.8 Å². The molecule has 6 rings (SSSR count). The van der Waals surface area contributed by atoms with Crippen LogP contribution in [-0.4, -0.2) is 42.5 Å². The van der Waals surface area contributed by atoms with Crippen molar-refractivity contribution >= 4 is 11.2 Å². The highest BCUT2D eigenvalue weighted by molar-refractivity contribution is 5.87. The Morgan fingerprint density at radius 1 is 1.00 bits per heavy atom. The zero-order chi connectivity index (χ0) is 25.0. The molecule has 0 amide bonds. The molecule has 7 nitrogen and oxygen atoms in total. The molecule has 1 saturated heterocycles. The molecule has 0 unspecified atom stereocenters. The van der Waals surface area contributed by atoms with E-state index in [4.69, 9.17) is 14.7 Å². The molecule has 4 aromatic rings. The standard InChI is InChI=1S/C26H25F3N6O/c1-13-14(2)32-26-24(31-13)23(20-4-3-17(27)10-21(20)29)33-25(34-26)15-5-6-36-22(7-15)16-11-30-35(12-16)19-8-18(28)9-19/h3-4,10-12,15,18-19,22H,5-9H2,1-2H3/t15-,18?,19?,22+/m0/s1. The third kappa shape index (κ3) is 4.13. The van der Waals surface area contributed by atoms with Crippen LogP contribution in [0.2, 0.25) is 0 Å².